The summed E-state index contributed by atoms with van der Waals surface area (Å²) in [6.45, 7) is 1.25. The molecule has 0 unspecified atom stereocenters. The van der Waals surface area contributed by atoms with Crippen LogP contribution in [0.4, 0.5) is 0 Å². The molecule has 150 valence electrons. The van der Waals surface area contributed by atoms with Crippen molar-refractivity contribution in [2.45, 2.75) is 0 Å². The van der Waals surface area contributed by atoms with Crippen LogP contribution in [0.1, 0.15) is 16.1 Å². The Morgan fingerprint density at radius 2 is 1.76 bits per heavy atom. The van der Waals surface area contributed by atoms with Gasteiger partial charge in [0.05, 0.1) is 4.88 Å². The van der Waals surface area contributed by atoms with Crippen LogP contribution >= 0.6 is 22.7 Å². The Balaban J connectivity index is 1.37. The number of piperazine rings is 1. The summed E-state index contributed by atoms with van der Waals surface area (Å²) in [5, 5.41) is 5.80. The third kappa shape index (κ3) is 4.64. The molecule has 2 aromatic heterocycles. The molecule has 3 aromatic rings. The Kier molecular flexibility index (Phi) is 5.91. The molecule has 1 aliphatic heterocycles. The number of sulfonamides is 1. The minimum absolute atomic E-state index is 0.152. The average molecular weight is 446 g/mol. The fourth-order valence-corrected chi connectivity index (χ4v) is 5.79. The molecule has 0 spiro atoms. The molecule has 6 nitrogen and oxygen atoms in total. The highest BCUT2D eigenvalue weighted by atomic mass is 32.2. The van der Waals surface area contributed by atoms with E-state index in [2.05, 4.69) is 4.98 Å². The molecular formula is C20H19N3O3S3. The lowest BCUT2D eigenvalue weighted by Crippen LogP contribution is -2.50. The molecule has 0 bridgehead atoms. The highest BCUT2D eigenvalue weighted by Gasteiger charge is 2.28. The van der Waals surface area contributed by atoms with E-state index in [1.807, 2.05) is 47.8 Å². The van der Waals surface area contributed by atoms with Gasteiger partial charge < -0.3 is 4.90 Å². The number of hydrogen-bond donors (Lipinski definition) is 0. The van der Waals surface area contributed by atoms with Crippen LogP contribution in [0.5, 0.6) is 0 Å². The van der Waals surface area contributed by atoms with Crippen molar-refractivity contribution in [1.82, 2.24) is 14.2 Å². The molecule has 1 fully saturated rings. The van der Waals surface area contributed by atoms with Gasteiger partial charge in [-0.15, -0.1) is 22.7 Å². The molecule has 0 aliphatic carbocycles. The van der Waals surface area contributed by atoms with Crippen molar-refractivity contribution in [2.75, 3.05) is 26.2 Å². The van der Waals surface area contributed by atoms with Gasteiger partial charge in [-0.2, -0.15) is 4.31 Å². The summed E-state index contributed by atoms with van der Waals surface area (Å²) in [7, 11) is -3.52. The van der Waals surface area contributed by atoms with Gasteiger partial charge in [-0.3, -0.25) is 4.79 Å². The summed E-state index contributed by atoms with van der Waals surface area (Å²) in [4.78, 5) is 19.9. The van der Waals surface area contributed by atoms with Gasteiger partial charge in [-0.1, -0.05) is 36.4 Å². The van der Waals surface area contributed by atoms with Crippen LogP contribution in [0, 0.1) is 0 Å². The predicted molar refractivity (Wildman–Crippen MR) is 117 cm³/mol. The number of aromatic nitrogens is 1. The normalized spacial score (nSPS) is 15.8. The molecule has 0 saturated carbocycles. The number of benzene rings is 1. The van der Waals surface area contributed by atoms with Crippen LogP contribution < -0.4 is 0 Å². The molecule has 1 aliphatic rings. The topological polar surface area (TPSA) is 70.6 Å². The zero-order chi connectivity index (χ0) is 20.3. The van der Waals surface area contributed by atoms with Crippen LogP contribution in [0.2, 0.25) is 0 Å². The minimum atomic E-state index is -3.52. The number of carbonyl (C=O) groups excluding carboxylic acids is 1. The van der Waals surface area contributed by atoms with Crippen molar-refractivity contribution in [3.8, 4) is 9.88 Å². The van der Waals surface area contributed by atoms with E-state index in [4.69, 9.17) is 0 Å². The molecule has 1 amide bonds. The SMILES string of the molecule is O=C(c1csc(-c2cccs2)n1)N1CCN(S(=O)(=O)C=Cc2ccccc2)CC1. The maximum Gasteiger partial charge on any atom is 0.273 e. The maximum atomic E-state index is 12.7. The Morgan fingerprint density at radius 1 is 1.00 bits per heavy atom. The standard InChI is InChI=1S/C20H19N3O3S3/c24-20(17-15-28-19(21-17)18-7-4-13-27-18)22-9-11-23(12-10-22)29(25,26)14-8-16-5-2-1-3-6-16/h1-8,13-15H,9-12H2. The van der Waals surface area contributed by atoms with Gasteiger partial charge in [0, 0.05) is 37.0 Å². The van der Waals surface area contributed by atoms with Gasteiger partial charge in [0.15, 0.2) is 0 Å². The molecule has 0 radical (unpaired) electrons. The van der Waals surface area contributed by atoms with Gasteiger partial charge in [0.25, 0.3) is 5.91 Å². The number of hydrogen-bond acceptors (Lipinski definition) is 6. The largest absolute Gasteiger partial charge is 0.335 e. The lowest BCUT2D eigenvalue weighted by molar-refractivity contribution is 0.0693. The number of carbonyl (C=O) groups is 1. The quantitative estimate of drug-likeness (QED) is 0.601. The predicted octanol–water partition coefficient (Wildman–Crippen LogP) is 3.63. The van der Waals surface area contributed by atoms with Crippen LogP contribution in [0.25, 0.3) is 16.0 Å². The maximum absolute atomic E-state index is 12.7. The number of amides is 1. The number of nitrogens with zero attached hydrogens (tertiary/aromatic N) is 3. The Labute approximate surface area is 177 Å². The van der Waals surface area contributed by atoms with Gasteiger partial charge in [-0.25, -0.2) is 13.4 Å². The van der Waals surface area contributed by atoms with Gasteiger partial charge in [0.1, 0.15) is 10.7 Å². The molecule has 0 N–H and O–H groups in total. The average Bonchev–Trinajstić information content (AvgIpc) is 3.44. The molecule has 3 heterocycles. The first kappa shape index (κ1) is 20.0. The van der Waals surface area contributed by atoms with Gasteiger partial charge >= 0.3 is 0 Å². The van der Waals surface area contributed by atoms with E-state index in [0.717, 1.165) is 15.4 Å². The van der Waals surface area contributed by atoms with E-state index in [0.29, 0.717) is 18.8 Å². The summed E-state index contributed by atoms with van der Waals surface area (Å²) in [6.07, 6.45) is 1.59. The summed E-state index contributed by atoms with van der Waals surface area (Å²) in [5.41, 5.74) is 1.24. The molecule has 4 rings (SSSR count). The third-order valence-corrected chi connectivity index (χ3v) is 8.02. The monoisotopic (exact) mass is 445 g/mol. The van der Waals surface area contributed by atoms with Crippen LogP contribution in [0.3, 0.4) is 0 Å². The highest BCUT2D eigenvalue weighted by molar-refractivity contribution is 7.92. The van der Waals surface area contributed by atoms with E-state index in [1.165, 1.54) is 21.1 Å². The van der Waals surface area contributed by atoms with E-state index < -0.39 is 10.0 Å². The molecule has 0 atom stereocenters. The first-order valence-electron chi connectivity index (χ1n) is 9.05. The van der Waals surface area contributed by atoms with Gasteiger partial charge in [0.2, 0.25) is 10.0 Å². The Bertz CT molecular complexity index is 1100. The van der Waals surface area contributed by atoms with E-state index in [-0.39, 0.29) is 19.0 Å². The van der Waals surface area contributed by atoms with Gasteiger partial charge in [-0.05, 0) is 23.1 Å². The van der Waals surface area contributed by atoms with Crippen LogP contribution in [0.15, 0.2) is 58.6 Å². The number of thiazole rings is 1. The molecular weight excluding hydrogens is 426 g/mol. The van der Waals surface area contributed by atoms with Crippen LogP contribution in [-0.4, -0.2) is 54.7 Å². The smallest absolute Gasteiger partial charge is 0.273 e. The van der Waals surface area contributed by atoms with Crippen molar-refractivity contribution < 1.29 is 13.2 Å². The lowest BCUT2D eigenvalue weighted by atomic mass is 10.2. The minimum Gasteiger partial charge on any atom is -0.335 e. The second-order valence-corrected chi connectivity index (χ2v) is 10.1. The van der Waals surface area contributed by atoms with Crippen molar-refractivity contribution in [3.05, 3.63) is 69.9 Å². The Hall–Kier alpha value is -2.33. The number of thiophene rings is 1. The van der Waals surface area contributed by atoms with Crippen molar-refractivity contribution in [3.63, 3.8) is 0 Å². The fraction of sp³-hybridized carbons (Fsp3) is 0.200. The third-order valence-electron chi connectivity index (χ3n) is 4.57. The first-order chi connectivity index (χ1) is 14.0. The summed E-state index contributed by atoms with van der Waals surface area (Å²) < 4.78 is 26.5. The molecule has 1 aromatic carbocycles. The second kappa shape index (κ2) is 8.58. The second-order valence-electron chi connectivity index (χ2n) is 6.46. The zero-order valence-electron chi connectivity index (χ0n) is 15.5. The van der Waals surface area contributed by atoms with Crippen molar-refractivity contribution >= 4 is 44.7 Å². The van der Waals surface area contributed by atoms with Crippen molar-refractivity contribution in [1.29, 1.82) is 0 Å². The lowest BCUT2D eigenvalue weighted by Gasteiger charge is -2.33. The summed E-state index contributed by atoms with van der Waals surface area (Å²) in [6, 6.07) is 13.2. The number of rotatable bonds is 5. The zero-order valence-corrected chi connectivity index (χ0v) is 17.9. The van der Waals surface area contributed by atoms with Crippen LogP contribution in [-0.2, 0) is 10.0 Å². The molecule has 9 heteroatoms. The fourth-order valence-electron chi connectivity index (χ4n) is 3.01. The molecule has 1 saturated heterocycles. The van der Waals surface area contributed by atoms with E-state index in [1.54, 1.807) is 27.7 Å². The Morgan fingerprint density at radius 3 is 2.45 bits per heavy atom. The van der Waals surface area contributed by atoms with Crippen molar-refractivity contribution in [2.24, 2.45) is 0 Å². The van der Waals surface area contributed by atoms with E-state index >= 15 is 0 Å². The highest BCUT2D eigenvalue weighted by Crippen LogP contribution is 2.28. The summed E-state index contributed by atoms with van der Waals surface area (Å²) >= 11 is 3.03. The summed E-state index contributed by atoms with van der Waals surface area (Å²) in [5.74, 6) is -0.152. The molecule has 29 heavy (non-hydrogen) atoms. The van der Waals surface area contributed by atoms with E-state index in [9.17, 15) is 13.2 Å². The first-order valence-corrected chi connectivity index (χ1v) is 12.3.